The Bertz CT molecular complexity index is 635. The molecule has 0 radical (unpaired) electrons. The Morgan fingerprint density at radius 3 is 2.70 bits per heavy atom. The van der Waals surface area contributed by atoms with E-state index in [-0.39, 0.29) is 12.6 Å². The first-order valence-electron chi connectivity index (χ1n) is 7.89. The highest BCUT2D eigenvalue weighted by molar-refractivity contribution is 6.30. The van der Waals surface area contributed by atoms with Gasteiger partial charge in [0, 0.05) is 19.1 Å². The monoisotopic (exact) mass is 332 g/mol. The number of halogens is 1. The van der Waals surface area contributed by atoms with Crippen LogP contribution >= 0.6 is 11.6 Å². The SMILES string of the molecule is OC[C@@H]1CCCN1Cc1ccccc1CNc1ncc(Cl)cn1. The predicted molar refractivity (Wildman–Crippen MR) is 91.3 cm³/mol. The second-order valence-corrected chi connectivity index (χ2v) is 6.23. The zero-order valence-electron chi connectivity index (χ0n) is 13.0. The summed E-state index contributed by atoms with van der Waals surface area (Å²) in [6, 6.07) is 8.64. The number of aliphatic hydroxyl groups excluding tert-OH is 1. The maximum absolute atomic E-state index is 9.48. The Labute approximate surface area is 141 Å². The van der Waals surface area contributed by atoms with E-state index in [4.69, 9.17) is 11.6 Å². The molecule has 6 heteroatoms. The first-order valence-corrected chi connectivity index (χ1v) is 8.27. The average molecular weight is 333 g/mol. The quantitative estimate of drug-likeness (QED) is 0.851. The first kappa shape index (κ1) is 16.2. The fourth-order valence-corrected chi connectivity index (χ4v) is 3.09. The van der Waals surface area contributed by atoms with Crippen LogP contribution < -0.4 is 5.32 Å². The van der Waals surface area contributed by atoms with Crippen molar-refractivity contribution in [2.45, 2.75) is 32.0 Å². The predicted octanol–water partition coefficient (Wildman–Crippen LogP) is 2.70. The zero-order valence-corrected chi connectivity index (χ0v) is 13.7. The summed E-state index contributed by atoms with van der Waals surface area (Å²) in [5, 5.41) is 13.2. The average Bonchev–Trinajstić information content (AvgIpc) is 3.03. The zero-order chi connectivity index (χ0) is 16.1. The lowest BCUT2D eigenvalue weighted by Gasteiger charge is -2.24. The fraction of sp³-hybridized carbons (Fsp3) is 0.412. The number of hydrogen-bond acceptors (Lipinski definition) is 5. The molecule has 1 aliphatic rings. The second-order valence-electron chi connectivity index (χ2n) is 5.80. The molecule has 0 aliphatic carbocycles. The molecule has 1 saturated heterocycles. The van der Waals surface area contributed by atoms with Crippen molar-refractivity contribution < 1.29 is 5.11 Å². The number of aliphatic hydroxyl groups is 1. The Balaban J connectivity index is 1.66. The van der Waals surface area contributed by atoms with Gasteiger partial charge in [-0.3, -0.25) is 4.90 Å². The van der Waals surface area contributed by atoms with Crippen LogP contribution in [0.15, 0.2) is 36.7 Å². The summed E-state index contributed by atoms with van der Waals surface area (Å²) in [6.07, 6.45) is 5.40. The number of nitrogens with zero attached hydrogens (tertiary/aromatic N) is 3. The summed E-state index contributed by atoms with van der Waals surface area (Å²) in [6.45, 7) is 2.81. The lowest BCUT2D eigenvalue weighted by Crippen LogP contribution is -2.32. The number of rotatable bonds is 6. The number of likely N-dealkylation sites (tertiary alicyclic amines) is 1. The molecule has 122 valence electrons. The van der Waals surface area contributed by atoms with Gasteiger partial charge in [-0.2, -0.15) is 0 Å². The van der Waals surface area contributed by atoms with Gasteiger partial charge in [-0.1, -0.05) is 35.9 Å². The summed E-state index contributed by atoms with van der Waals surface area (Å²) in [5.41, 5.74) is 2.49. The molecule has 23 heavy (non-hydrogen) atoms. The Morgan fingerprint density at radius 1 is 1.22 bits per heavy atom. The summed E-state index contributed by atoms with van der Waals surface area (Å²) < 4.78 is 0. The Hall–Kier alpha value is -1.69. The van der Waals surface area contributed by atoms with Gasteiger partial charge in [-0.15, -0.1) is 0 Å². The Morgan fingerprint density at radius 2 is 1.96 bits per heavy atom. The number of benzene rings is 1. The van der Waals surface area contributed by atoms with E-state index in [0.717, 1.165) is 25.9 Å². The van der Waals surface area contributed by atoms with E-state index in [1.807, 2.05) is 6.07 Å². The number of hydrogen-bond donors (Lipinski definition) is 2. The van der Waals surface area contributed by atoms with Gasteiger partial charge >= 0.3 is 0 Å². The van der Waals surface area contributed by atoms with E-state index >= 15 is 0 Å². The van der Waals surface area contributed by atoms with Crippen LogP contribution in [-0.4, -0.2) is 39.2 Å². The van der Waals surface area contributed by atoms with E-state index in [0.29, 0.717) is 17.5 Å². The summed E-state index contributed by atoms with van der Waals surface area (Å²) in [7, 11) is 0. The molecule has 0 bridgehead atoms. The summed E-state index contributed by atoms with van der Waals surface area (Å²) >= 11 is 5.80. The molecule has 1 atom stereocenters. The van der Waals surface area contributed by atoms with Crippen molar-refractivity contribution in [3.05, 3.63) is 52.8 Å². The van der Waals surface area contributed by atoms with Crippen LogP contribution in [0, 0.1) is 0 Å². The Kier molecular flexibility index (Phi) is 5.43. The molecule has 1 aromatic heterocycles. The van der Waals surface area contributed by atoms with Gasteiger partial charge < -0.3 is 10.4 Å². The van der Waals surface area contributed by atoms with Crippen LogP contribution in [0.25, 0.3) is 0 Å². The molecular formula is C17H21ClN4O. The van der Waals surface area contributed by atoms with Gasteiger partial charge in [0.2, 0.25) is 5.95 Å². The molecule has 1 fully saturated rings. The van der Waals surface area contributed by atoms with Crippen LogP contribution in [0.5, 0.6) is 0 Å². The largest absolute Gasteiger partial charge is 0.395 e. The molecule has 1 aromatic carbocycles. The highest BCUT2D eigenvalue weighted by atomic mass is 35.5. The molecule has 3 rings (SSSR count). The standard InChI is InChI=1S/C17H21ClN4O/c18-15-9-20-17(21-10-15)19-8-13-4-1-2-5-14(13)11-22-7-3-6-16(22)12-23/h1-2,4-5,9-10,16,23H,3,6-8,11-12H2,(H,19,20,21)/t16-/m0/s1. The third kappa shape index (κ3) is 4.19. The summed E-state index contributed by atoms with van der Waals surface area (Å²) in [5.74, 6) is 0.568. The molecular weight excluding hydrogens is 312 g/mol. The molecule has 0 spiro atoms. The molecule has 0 amide bonds. The van der Waals surface area contributed by atoms with Crippen LogP contribution in [0.2, 0.25) is 5.02 Å². The number of nitrogens with one attached hydrogen (secondary N) is 1. The highest BCUT2D eigenvalue weighted by Gasteiger charge is 2.24. The van der Waals surface area contributed by atoms with Gasteiger partial charge in [-0.05, 0) is 30.5 Å². The van der Waals surface area contributed by atoms with Crippen molar-refractivity contribution in [1.82, 2.24) is 14.9 Å². The molecule has 1 aliphatic heterocycles. The van der Waals surface area contributed by atoms with Crippen molar-refractivity contribution in [2.75, 3.05) is 18.5 Å². The molecule has 5 nitrogen and oxygen atoms in total. The third-order valence-corrected chi connectivity index (χ3v) is 4.45. The fourth-order valence-electron chi connectivity index (χ4n) is 2.99. The second kappa shape index (κ2) is 7.73. The number of aromatic nitrogens is 2. The van der Waals surface area contributed by atoms with Crippen LogP contribution in [0.1, 0.15) is 24.0 Å². The first-order chi connectivity index (χ1) is 11.3. The van der Waals surface area contributed by atoms with Gasteiger partial charge in [0.05, 0.1) is 24.0 Å². The van der Waals surface area contributed by atoms with Gasteiger partial charge in [0.15, 0.2) is 0 Å². The molecule has 2 heterocycles. The van der Waals surface area contributed by atoms with E-state index in [1.54, 1.807) is 12.4 Å². The summed E-state index contributed by atoms with van der Waals surface area (Å²) in [4.78, 5) is 10.7. The topological polar surface area (TPSA) is 61.3 Å². The van der Waals surface area contributed by atoms with Crippen LogP contribution in [0.4, 0.5) is 5.95 Å². The maximum atomic E-state index is 9.48. The smallest absolute Gasteiger partial charge is 0.222 e. The van der Waals surface area contributed by atoms with E-state index in [9.17, 15) is 5.11 Å². The highest BCUT2D eigenvalue weighted by Crippen LogP contribution is 2.21. The van der Waals surface area contributed by atoms with Gasteiger partial charge in [-0.25, -0.2) is 9.97 Å². The van der Waals surface area contributed by atoms with E-state index < -0.39 is 0 Å². The third-order valence-electron chi connectivity index (χ3n) is 4.26. The van der Waals surface area contributed by atoms with E-state index in [2.05, 4.69) is 38.4 Å². The lowest BCUT2D eigenvalue weighted by molar-refractivity contribution is 0.153. The van der Waals surface area contributed by atoms with Crippen molar-refractivity contribution in [1.29, 1.82) is 0 Å². The van der Waals surface area contributed by atoms with Crippen molar-refractivity contribution in [2.24, 2.45) is 0 Å². The van der Waals surface area contributed by atoms with Crippen LogP contribution in [-0.2, 0) is 13.1 Å². The van der Waals surface area contributed by atoms with Crippen molar-refractivity contribution >= 4 is 17.5 Å². The van der Waals surface area contributed by atoms with Crippen LogP contribution in [0.3, 0.4) is 0 Å². The minimum absolute atomic E-state index is 0.235. The molecule has 0 unspecified atom stereocenters. The number of anilines is 1. The molecule has 2 aromatic rings. The van der Waals surface area contributed by atoms with Gasteiger partial charge in [0.25, 0.3) is 0 Å². The molecule has 2 N–H and O–H groups in total. The minimum Gasteiger partial charge on any atom is -0.395 e. The van der Waals surface area contributed by atoms with Gasteiger partial charge in [0.1, 0.15) is 0 Å². The van der Waals surface area contributed by atoms with Crippen molar-refractivity contribution in [3.8, 4) is 0 Å². The minimum atomic E-state index is 0.235. The van der Waals surface area contributed by atoms with Crippen molar-refractivity contribution in [3.63, 3.8) is 0 Å². The molecule has 0 saturated carbocycles. The maximum Gasteiger partial charge on any atom is 0.222 e. The normalized spacial score (nSPS) is 18.3. The lowest BCUT2D eigenvalue weighted by atomic mass is 10.1. The van der Waals surface area contributed by atoms with E-state index in [1.165, 1.54) is 11.1 Å².